The van der Waals surface area contributed by atoms with Crippen LogP contribution in [0.1, 0.15) is 27.6 Å². The van der Waals surface area contributed by atoms with Crippen molar-refractivity contribution in [3.05, 3.63) is 77.9 Å². The lowest BCUT2D eigenvalue weighted by Gasteiger charge is -2.19. The van der Waals surface area contributed by atoms with Crippen LogP contribution in [0.5, 0.6) is 0 Å². The fraction of sp³-hybridized carbons (Fsp3) is 0.211. The number of aryl methyl sites for hydroxylation is 2. The van der Waals surface area contributed by atoms with E-state index < -0.39 is 0 Å². The Morgan fingerprint density at radius 3 is 2.57 bits per heavy atom. The predicted octanol–water partition coefficient (Wildman–Crippen LogP) is 3.44. The van der Waals surface area contributed by atoms with Crippen molar-refractivity contribution in [1.29, 1.82) is 0 Å². The highest BCUT2D eigenvalue weighted by atomic mass is 16.2. The van der Waals surface area contributed by atoms with E-state index in [1.807, 2.05) is 49.4 Å². The zero-order chi connectivity index (χ0) is 16.7. The normalized spacial score (nSPS) is 10.7. The van der Waals surface area contributed by atoms with Crippen LogP contribution in [0.4, 0.5) is 0 Å². The molecule has 1 aromatic carbocycles. The monoisotopic (exact) mass is 307 g/mol. The van der Waals surface area contributed by atoms with Crippen LogP contribution in [0.15, 0.2) is 55.1 Å². The largest absolute Gasteiger partial charge is 0.330 e. The zero-order valence-electron chi connectivity index (χ0n) is 13.6. The van der Waals surface area contributed by atoms with Crippen molar-refractivity contribution >= 4 is 12.0 Å². The second-order valence-corrected chi connectivity index (χ2v) is 5.25. The molecule has 0 saturated carbocycles. The molecule has 0 N–H and O–H groups in total. The van der Waals surface area contributed by atoms with Gasteiger partial charge in [0, 0.05) is 18.8 Å². The molecular formula is C19H21N3O. The van der Waals surface area contributed by atoms with E-state index in [9.17, 15) is 4.79 Å². The number of benzene rings is 1. The van der Waals surface area contributed by atoms with Crippen LogP contribution < -0.4 is 0 Å². The van der Waals surface area contributed by atoms with Crippen molar-refractivity contribution in [3.63, 3.8) is 0 Å². The molecule has 0 aliphatic heterocycles. The third kappa shape index (κ3) is 4.88. The average Bonchev–Trinajstić information content (AvgIpc) is 2.53. The predicted molar refractivity (Wildman–Crippen MR) is 93.1 cm³/mol. The number of carbonyl (C=O) groups excluding carboxylic acids is 1. The van der Waals surface area contributed by atoms with Gasteiger partial charge in [0.15, 0.2) is 0 Å². The van der Waals surface area contributed by atoms with Crippen LogP contribution >= 0.6 is 0 Å². The molecule has 118 valence electrons. The summed E-state index contributed by atoms with van der Waals surface area (Å²) < 4.78 is 0. The zero-order valence-corrected chi connectivity index (χ0v) is 13.6. The summed E-state index contributed by atoms with van der Waals surface area (Å²) in [6.07, 6.45) is 5.69. The molecule has 0 aliphatic rings. The minimum atomic E-state index is -0.115. The third-order valence-electron chi connectivity index (χ3n) is 3.26. The minimum Gasteiger partial charge on any atom is -0.330 e. The Bertz CT molecular complexity index is 688. The van der Waals surface area contributed by atoms with Crippen molar-refractivity contribution in [2.45, 2.75) is 13.8 Å². The second kappa shape index (κ2) is 8.03. The number of nitrogens with zero attached hydrogens (tertiary/aromatic N) is 3. The summed E-state index contributed by atoms with van der Waals surface area (Å²) >= 11 is 0. The molecule has 0 bridgehead atoms. The Morgan fingerprint density at radius 1 is 1.17 bits per heavy atom. The molecule has 0 unspecified atom stereocenters. The number of hydrogen-bond donors (Lipinski definition) is 0. The number of rotatable bonds is 6. The van der Waals surface area contributed by atoms with Crippen molar-refractivity contribution in [1.82, 2.24) is 14.9 Å². The van der Waals surface area contributed by atoms with Gasteiger partial charge in [0.25, 0.3) is 5.91 Å². The summed E-state index contributed by atoms with van der Waals surface area (Å²) in [7, 11) is 0. The quantitative estimate of drug-likeness (QED) is 0.768. The maximum atomic E-state index is 12.6. The van der Waals surface area contributed by atoms with Gasteiger partial charge in [-0.05, 0) is 25.5 Å². The van der Waals surface area contributed by atoms with Crippen molar-refractivity contribution in [2.24, 2.45) is 0 Å². The summed E-state index contributed by atoms with van der Waals surface area (Å²) in [5, 5.41) is 0. The van der Waals surface area contributed by atoms with Gasteiger partial charge in [-0.1, -0.05) is 48.6 Å². The highest BCUT2D eigenvalue weighted by molar-refractivity contribution is 5.92. The molecule has 1 amide bonds. The Kier molecular flexibility index (Phi) is 5.80. The lowest BCUT2D eigenvalue weighted by Crippen LogP contribution is -2.32. The fourth-order valence-electron chi connectivity index (χ4n) is 2.26. The molecule has 2 aromatic rings. The van der Waals surface area contributed by atoms with E-state index in [1.54, 1.807) is 24.0 Å². The van der Waals surface area contributed by atoms with Gasteiger partial charge in [-0.15, -0.1) is 6.58 Å². The van der Waals surface area contributed by atoms with E-state index in [4.69, 9.17) is 0 Å². The summed E-state index contributed by atoms with van der Waals surface area (Å²) in [6.45, 7) is 8.35. The van der Waals surface area contributed by atoms with Crippen molar-refractivity contribution < 1.29 is 4.79 Å². The molecule has 0 spiro atoms. The SMILES string of the molecule is C=CCN(CC=Cc1ccccc1)C(=O)c1cc(C)nc(C)n1. The first kappa shape index (κ1) is 16.6. The minimum absolute atomic E-state index is 0.115. The van der Waals surface area contributed by atoms with E-state index in [2.05, 4.69) is 16.5 Å². The standard InChI is InChI=1S/C19H21N3O/c1-4-12-22(13-8-11-17-9-6-5-7-10-17)19(23)18-14-15(2)20-16(3)21-18/h4-11,14H,1,12-13H2,2-3H3. The Labute approximate surface area is 137 Å². The molecular weight excluding hydrogens is 286 g/mol. The molecule has 1 aromatic heterocycles. The molecule has 0 saturated heterocycles. The van der Waals surface area contributed by atoms with E-state index in [0.29, 0.717) is 24.6 Å². The first-order chi connectivity index (χ1) is 11.1. The lowest BCUT2D eigenvalue weighted by molar-refractivity contribution is 0.0784. The average molecular weight is 307 g/mol. The smallest absolute Gasteiger partial charge is 0.273 e. The van der Waals surface area contributed by atoms with Gasteiger partial charge in [0.05, 0.1) is 0 Å². The third-order valence-corrected chi connectivity index (χ3v) is 3.26. The Balaban J connectivity index is 2.12. The van der Waals surface area contributed by atoms with Crippen LogP contribution in [0.3, 0.4) is 0 Å². The maximum absolute atomic E-state index is 12.6. The molecule has 0 fully saturated rings. The van der Waals surface area contributed by atoms with Gasteiger partial charge >= 0.3 is 0 Å². The second-order valence-electron chi connectivity index (χ2n) is 5.25. The number of aromatic nitrogens is 2. The topological polar surface area (TPSA) is 46.1 Å². The lowest BCUT2D eigenvalue weighted by atomic mass is 10.2. The molecule has 4 nitrogen and oxygen atoms in total. The van der Waals surface area contributed by atoms with Crippen LogP contribution in [0, 0.1) is 13.8 Å². The summed E-state index contributed by atoms with van der Waals surface area (Å²) in [5.74, 6) is 0.489. The van der Waals surface area contributed by atoms with E-state index in [1.165, 1.54) is 0 Å². The maximum Gasteiger partial charge on any atom is 0.273 e. The van der Waals surface area contributed by atoms with Gasteiger partial charge in [-0.3, -0.25) is 4.79 Å². The van der Waals surface area contributed by atoms with Crippen LogP contribution in [0.25, 0.3) is 6.08 Å². The van der Waals surface area contributed by atoms with Gasteiger partial charge in [0.2, 0.25) is 0 Å². The first-order valence-corrected chi connectivity index (χ1v) is 7.54. The summed E-state index contributed by atoms with van der Waals surface area (Å²) in [6, 6.07) is 11.7. The van der Waals surface area contributed by atoms with E-state index in [-0.39, 0.29) is 5.91 Å². The number of hydrogen-bond acceptors (Lipinski definition) is 3. The van der Waals surface area contributed by atoms with Crippen molar-refractivity contribution in [2.75, 3.05) is 13.1 Å². The highest BCUT2D eigenvalue weighted by Crippen LogP contribution is 2.07. The molecule has 0 radical (unpaired) electrons. The van der Waals surface area contributed by atoms with Gasteiger partial charge in [0.1, 0.15) is 11.5 Å². The molecule has 0 atom stereocenters. The first-order valence-electron chi connectivity index (χ1n) is 7.54. The van der Waals surface area contributed by atoms with Gasteiger partial charge in [-0.2, -0.15) is 0 Å². The van der Waals surface area contributed by atoms with Crippen LogP contribution in [-0.4, -0.2) is 33.9 Å². The summed E-state index contributed by atoms with van der Waals surface area (Å²) in [4.78, 5) is 22.8. The molecule has 4 heteroatoms. The fourth-order valence-corrected chi connectivity index (χ4v) is 2.26. The Morgan fingerprint density at radius 2 is 1.91 bits per heavy atom. The summed E-state index contributed by atoms with van der Waals surface area (Å²) in [5.41, 5.74) is 2.32. The van der Waals surface area contributed by atoms with Gasteiger partial charge < -0.3 is 4.90 Å². The van der Waals surface area contributed by atoms with Crippen molar-refractivity contribution in [3.8, 4) is 0 Å². The highest BCUT2D eigenvalue weighted by Gasteiger charge is 2.15. The number of amides is 1. The molecule has 1 heterocycles. The van der Waals surface area contributed by atoms with Crippen LogP contribution in [0.2, 0.25) is 0 Å². The number of carbonyl (C=O) groups is 1. The molecule has 23 heavy (non-hydrogen) atoms. The van der Waals surface area contributed by atoms with E-state index in [0.717, 1.165) is 11.3 Å². The van der Waals surface area contributed by atoms with Crippen LogP contribution in [-0.2, 0) is 0 Å². The Hall–Kier alpha value is -2.75. The molecule has 2 rings (SSSR count). The van der Waals surface area contributed by atoms with Gasteiger partial charge in [-0.25, -0.2) is 9.97 Å². The van der Waals surface area contributed by atoms with E-state index >= 15 is 0 Å². The molecule has 0 aliphatic carbocycles.